The lowest BCUT2D eigenvalue weighted by Crippen LogP contribution is -2.53. The van der Waals surface area contributed by atoms with Crippen molar-refractivity contribution in [1.82, 2.24) is 25.6 Å². The highest BCUT2D eigenvalue weighted by molar-refractivity contribution is 7.15. The number of hydrogen-bond donors (Lipinski definition) is 2. The molecule has 1 aromatic carbocycles. The van der Waals surface area contributed by atoms with Gasteiger partial charge in [0.15, 0.2) is 0 Å². The number of hydrogen-bond acceptors (Lipinski definition) is 6. The second-order valence-electron chi connectivity index (χ2n) is 8.59. The average molecular weight is 490 g/mol. The highest BCUT2D eigenvalue weighted by Crippen LogP contribution is 2.33. The second-order valence-corrected chi connectivity index (χ2v) is 10.2. The molecule has 2 saturated heterocycles. The van der Waals surface area contributed by atoms with Crippen molar-refractivity contribution in [3.8, 4) is 10.4 Å². The molecule has 8 nitrogen and oxygen atoms in total. The molecule has 3 heterocycles. The largest absolute Gasteiger partial charge is 0.344 e. The van der Waals surface area contributed by atoms with E-state index in [2.05, 4.69) is 27.8 Å². The Morgan fingerprint density at radius 3 is 2.48 bits per heavy atom. The molecule has 10 heteroatoms. The summed E-state index contributed by atoms with van der Waals surface area (Å²) in [5.74, 6) is -0.796. The summed E-state index contributed by atoms with van der Waals surface area (Å²) in [6.07, 6.45) is 0.454. The Morgan fingerprint density at radius 1 is 1.12 bits per heavy atom. The molecule has 176 valence electrons. The number of carbonyl (C=O) groups is 3. The lowest BCUT2D eigenvalue weighted by Gasteiger charge is -2.34. The Hall–Kier alpha value is -2.46. The van der Waals surface area contributed by atoms with E-state index in [0.29, 0.717) is 6.42 Å². The lowest BCUT2D eigenvalue weighted by atomic mass is 10.00. The fraction of sp³-hybridized carbons (Fsp3) is 0.435. The van der Waals surface area contributed by atoms with Crippen molar-refractivity contribution in [2.45, 2.75) is 32.4 Å². The zero-order valence-electron chi connectivity index (χ0n) is 18.8. The molecule has 0 spiro atoms. The number of amides is 4. The predicted octanol–water partition coefficient (Wildman–Crippen LogP) is 2.94. The summed E-state index contributed by atoms with van der Waals surface area (Å²) >= 11 is 8.07. The average Bonchev–Trinajstić information content (AvgIpc) is 3.34. The number of benzene rings is 1. The van der Waals surface area contributed by atoms with Crippen LogP contribution >= 0.6 is 22.9 Å². The summed E-state index contributed by atoms with van der Waals surface area (Å²) in [4.78, 5) is 43.8. The highest BCUT2D eigenvalue weighted by atomic mass is 35.5. The van der Waals surface area contributed by atoms with Gasteiger partial charge in [-0.3, -0.25) is 24.8 Å². The van der Waals surface area contributed by atoms with E-state index in [1.807, 2.05) is 36.1 Å². The highest BCUT2D eigenvalue weighted by Gasteiger charge is 2.47. The minimum Gasteiger partial charge on any atom is -0.322 e. The molecule has 2 N–H and O–H groups in total. The van der Waals surface area contributed by atoms with Crippen LogP contribution in [-0.4, -0.2) is 70.9 Å². The molecule has 0 radical (unpaired) electrons. The van der Waals surface area contributed by atoms with Gasteiger partial charge in [-0.05, 0) is 31.5 Å². The molecule has 33 heavy (non-hydrogen) atoms. The molecular weight excluding hydrogens is 462 g/mol. The number of imide groups is 1. The third kappa shape index (κ3) is 5.22. The molecule has 1 unspecified atom stereocenters. The van der Waals surface area contributed by atoms with E-state index in [0.717, 1.165) is 53.2 Å². The molecule has 0 saturated carbocycles. The Morgan fingerprint density at radius 2 is 1.82 bits per heavy atom. The first kappa shape index (κ1) is 23.7. The SMILES string of the molecule is CCC1(C)NC(=O)N(NC(=O)CN2CCN(Cc3ccc(-c4ccccc4Cl)s3)CC2)C1=O. The van der Waals surface area contributed by atoms with E-state index in [1.54, 1.807) is 18.3 Å². The van der Waals surface area contributed by atoms with Gasteiger partial charge in [0.05, 0.1) is 6.54 Å². The van der Waals surface area contributed by atoms with E-state index in [4.69, 9.17) is 11.6 Å². The molecular formula is C23H28ClN5O3S. The monoisotopic (exact) mass is 489 g/mol. The van der Waals surface area contributed by atoms with Crippen LogP contribution in [0, 0.1) is 0 Å². The van der Waals surface area contributed by atoms with Crippen molar-refractivity contribution in [2.24, 2.45) is 0 Å². The molecule has 2 aliphatic rings. The van der Waals surface area contributed by atoms with Crippen LogP contribution in [0.1, 0.15) is 25.1 Å². The van der Waals surface area contributed by atoms with Crippen LogP contribution in [0.3, 0.4) is 0 Å². The van der Waals surface area contributed by atoms with Crippen LogP contribution in [0.15, 0.2) is 36.4 Å². The molecule has 4 rings (SSSR count). The van der Waals surface area contributed by atoms with Crippen molar-refractivity contribution in [3.05, 3.63) is 46.3 Å². The lowest BCUT2D eigenvalue weighted by molar-refractivity contribution is -0.139. The molecule has 2 aliphatic heterocycles. The van der Waals surface area contributed by atoms with Crippen molar-refractivity contribution >= 4 is 40.8 Å². The maximum atomic E-state index is 12.4. The zero-order chi connectivity index (χ0) is 23.6. The standard InChI is InChI=1S/C23H28ClN5O3S/c1-3-23(2)21(31)29(22(32)25-23)26-20(30)15-28-12-10-27(11-13-28)14-16-8-9-19(33-16)17-6-4-5-7-18(17)24/h4-9H,3,10-15H2,1-2H3,(H,25,32)(H,26,30). The van der Waals surface area contributed by atoms with Crippen molar-refractivity contribution < 1.29 is 14.4 Å². The van der Waals surface area contributed by atoms with Gasteiger partial charge in [-0.15, -0.1) is 11.3 Å². The smallest absolute Gasteiger partial charge is 0.322 e. The van der Waals surface area contributed by atoms with E-state index in [9.17, 15) is 14.4 Å². The molecule has 0 aliphatic carbocycles. The van der Waals surface area contributed by atoms with Crippen LogP contribution < -0.4 is 10.7 Å². The molecule has 4 amide bonds. The van der Waals surface area contributed by atoms with Gasteiger partial charge >= 0.3 is 6.03 Å². The fourth-order valence-electron chi connectivity index (χ4n) is 3.98. The van der Waals surface area contributed by atoms with E-state index in [-0.39, 0.29) is 12.5 Å². The summed E-state index contributed by atoms with van der Waals surface area (Å²) in [7, 11) is 0. The Bertz CT molecular complexity index is 1050. The Labute approximate surface area is 202 Å². The summed E-state index contributed by atoms with van der Waals surface area (Å²) < 4.78 is 0. The van der Waals surface area contributed by atoms with Gasteiger partial charge in [-0.1, -0.05) is 36.7 Å². The number of rotatable bonds is 7. The van der Waals surface area contributed by atoms with Gasteiger partial charge in [0.25, 0.3) is 11.8 Å². The van der Waals surface area contributed by atoms with Gasteiger partial charge in [0.1, 0.15) is 5.54 Å². The Balaban J connectivity index is 1.24. The minimum atomic E-state index is -0.969. The van der Waals surface area contributed by atoms with E-state index in [1.165, 1.54) is 4.88 Å². The maximum Gasteiger partial charge on any atom is 0.344 e. The van der Waals surface area contributed by atoms with Gasteiger partial charge in [0, 0.05) is 53.1 Å². The summed E-state index contributed by atoms with van der Waals surface area (Å²) in [6.45, 7) is 7.62. The normalized spacial score (nSPS) is 22.0. The number of urea groups is 1. The van der Waals surface area contributed by atoms with E-state index < -0.39 is 17.5 Å². The minimum absolute atomic E-state index is 0.142. The number of nitrogens with zero attached hydrogens (tertiary/aromatic N) is 3. The number of hydrazine groups is 1. The van der Waals surface area contributed by atoms with Crippen LogP contribution in [0.2, 0.25) is 5.02 Å². The maximum absolute atomic E-state index is 12.4. The number of carbonyl (C=O) groups excluding carboxylic acids is 3. The number of piperazine rings is 1. The van der Waals surface area contributed by atoms with Gasteiger partial charge < -0.3 is 5.32 Å². The zero-order valence-corrected chi connectivity index (χ0v) is 20.3. The van der Waals surface area contributed by atoms with E-state index >= 15 is 0 Å². The summed E-state index contributed by atoms with van der Waals surface area (Å²) in [6, 6.07) is 11.5. The quantitative estimate of drug-likeness (QED) is 0.584. The van der Waals surface area contributed by atoms with Crippen molar-refractivity contribution in [2.75, 3.05) is 32.7 Å². The van der Waals surface area contributed by atoms with Crippen molar-refractivity contribution in [1.29, 1.82) is 0 Å². The van der Waals surface area contributed by atoms with Crippen molar-refractivity contribution in [3.63, 3.8) is 0 Å². The number of thiophene rings is 1. The predicted molar refractivity (Wildman–Crippen MR) is 129 cm³/mol. The number of halogens is 1. The Kier molecular flexibility index (Phi) is 7.04. The first-order valence-electron chi connectivity index (χ1n) is 11.0. The van der Waals surface area contributed by atoms with Gasteiger partial charge in [-0.2, -0.15) is 5.01 Å². The fourth-order valence-corrected chi connectivity index (χ4v) is 5.37. The van der Waals surface area contributed by atoms with Crippen LogP contribution in [-0.2, 0) is 16.1 Å². The third-order valence-corrected chi connectivity index (χ3v) is 7.65. The van der Waals surface area contributed by atoms with Gasteiger partial charge in [0.2, 0.25) is 0 Å². The van der Waals surface area contributed by atoms with Crippen LogP contribution in [0.5, 0.6) is 0 Å². The number of nitrogens with one attached hydrogen (secondary N) is 2. The summed E-state index contributed by atoms with van der Waals surface area (Å²) in [5.41, 5.74) is 2.54. The third-order valence-electron chi connectivity index (χ3n) is 6.22. The molecule has 1 aromatic heterocycles. The first-order chi connectivity index (χ1) is 15.8. The molecule has 2 fully saturated rings. The van der Waals surface area contributed by atoms with Crippen LogP contribution in [0.25, 0.3) is 10.4 Å². The molecule has 0 bridgehead atoms. The summed E-state index contributed by atoms with van der Waals surface area (Å²) in [5, 5.41) is 4.18. The molecule has 2 aromatic rings. The first-order valence-corrected chi connectivity index (χ1v) is 12.2. The topological polar surface area (TPSA) is 85.0 Å². The van der Waals surface area contributed by atoms with Crippen LogP contribution in [0.4, 0.5) is 4.79 Å². The van der Waals surface area contributed by atoms with Gasteiger partial charge in [-0.25, -0.2) is 4.79 Å². The molecule has 1 atom stereocenters. The second kappa shape index (κ2) is 9.80.